The molecule has 90 valence electrons. The van der Waals surface area contributed by atoms with Gasteiger partial charge in [-0.05, 0) is 18.4 Å². The van der Waals surface area contributed by atoms with Crippen LogP contribution in [0.4, 0.5) is 0 Å². The van der Waals surface area contributed by atoms with Gasteiger partial charge < -0.3 is 11.5 Å². The molecule has 0 fully saturated rings. The first kappa shape index (κ1) is 14.8. The Bertz CT molecular complexity index is 304. The van der Waals surface area contributed by atoms with Crippen molar-refractivity contribution in [2.45, 2.75) is 17.7 Å². The Labute approximate surface area is 93.5 Å². The predicted octanol–water partition coefficient (Wildman–Crippen LogP) is -1.15. The van der Waals surface area contributed by atoms with Gasteiger partial charge in [-0.1, -0.05) is 0 Å². The Hall–Kier alpha value is -0.150. The third-order valence-corrected chi connectivity index (χ3v) is 3.68. The SMILES string of the molecule is CSCCC(N)C(=O)C(CN)S(=O)(=O)O. The summed E-state index contributed by atoms with van der Waals surface area (Å²) in [5, 5.41) is -1.60. The van der Waals surface area contributed by atoms with Gasteiger partial charge in [0.1, 0.15) is 0 Å². The van der Waals surface area contributed by atoms with Gasteiger partial charge in [0.05, 0.1) is 6.04 Å². The fourth-order valence-electron chi connectivity index (χ4n) is 1.01. The fourth-order valence-corrected chi connectivity index (χ4v) is 2.21. The zero-order valence-electron chi connectivity index (χ0n) is 8.42. The van der Waals surface area contributed by atoms with Crippen LogP contribution in [0.1, 0.15) is 6.42 Å². The van der Waals surface area contributed by atoms with Crippen LogP contribution in [0.2, 0.25) is 0 Å². The first-order valence-electron chi connectivity index (χ1n) is 4.29. The highest BCUT2D eigenvalue weighted by Gasteiger charge is 2.32. The third kappa shape index (κ3) is 4.94. The second-order valence-electron chi connectivity index (χ2n) is 3.03. The van der Waals surface area contributed by atoms with Gasteiger partial charge in [-0.25, -0.2) is 0 Å². The number of hydrogen-bond acceptors (Lipinski definition) is 6. The van der Waals surface area contributed by atoms with E-state index in [1.165, 1.54) is 11.8 Å². The standard InChI is InChI=1S/C7H16N2O4S2/c1-14-3-2-5(9)7(10)6(4-8)15(11,12)13/h5-6H,2-4,8-9H2,1H3,(H,11,12,13). The van der Waals surface area contributed by atoms with E-state index in [4.69, 9.17) is 16.0 Å². The summed E-state index contributed by atoms with van der Waals surface area (Å²) in [6, 6.07) is -0.895. The number of carbonyl (C=O) groups is 1. The Morgan fingerprint density at radius 3 is 2.40 bits per heavy atom. The lowest BCUT2D eigenvalue weighted by atomic mass is 10.1. The van der Waals surface area contributed by atoms with Crippen molar-refractivity contribution < 1.29 is 17.8 Å². The van der Waals surface area contributed by atoms with E-state index >= 15 is 0 Å². The minimum Gasteiger partial charge on any atom is -0.329 e. The number of ketones is 1. The highest BCUT2D eigenvalue weighted by Crippen LogP contribution is 2.06. The summed E-state index contributed by atoms with van der Waals surface area (Å²) in [6.07, 6.45) is 2.21. The van der Waals surface area contributed by atoms with Gasteiger partial charge in [-0.2, -0.15) is 20.2 Å². The lowest BCUT2D eigenvalue weighted by molar-refractivity contribution is -0.119. The third-order valence-electron chi connectivity index (χ3n) is 1.89. The zero-order chi connectivity index (χ0) is 12.1. The molecule has 0 bridgehead atoms. The summed E-state index contributed by atoms with van der Waals surface area (Å²) < 4.78 is 30.3. The molecule has 0 aliphatic rings. The summed E-state index contributed by atoms with van der Waals surface area (Å²) in [5.41, 5.74) is 10.6. The van der Waals surface area contributed by atoms with E-state index in [9.17, 15) is 13.2 Å². The van der Waals surface area contributed by atoms with Crippen LogP contribution in [-0.2, 0) is 14.9 Å². The van der Waals surface area contributed by atoms with Gasteiger partial charge in [0.15, 0.2) is 11.0 Å². The first-order valence-corrected chi connectivity index (χ1v) is 7.19. The molecular weight excluding hydrogens is 240 g/mol. The maximum atomic E-state index is 11.5. The van der Waals surface area contributed by atoms with Crippen LogP contribution in [0, 0.1) is 0 Å². The van der Waals surface area contributed by atoms with E-state index in [1.54, 1.807) is 0 Å². The second-order valence-corrected chi connectivity index (χ2v) is 5.61. The summed E-state index contributed by atoms with van der Waals surface area (Å²) in [7, 11) is -4.45. The molecule has 0 heterocycles. The molecule has 0 radical (unpaired) electrons. The average Bonchev–Trinajstić information content (AvgIpc) is 2.12. The fraction of sp³-hybridized carbons (Fsp3) is 0.857. The quantitative estimate of drug-likeness (QED) is 0.491. The van der Waals surface area contributed by atoms with Crippen LogP contribution in [0.25, 0.3) is 0 Å². The Balaban J connectivity index is 4.53. The number of rotatable bonds is 7. The van der Waals surface area contributed by atoms with Crippen LogP contribution in [0.5, 0.6) is 0 Å². The van der Waals surface area contributed by atoms with Gasteiger partial charge in [-0.3, -0.25) is 9.35 Å². The maximum absolute atomic E-state index is 11.5. The van der Waals surface area contributed by atoms with Crippen molar-refractivity contribution in [1.29, 1.82) is 0 Å². The largest absolute Gasteiger partial charge is 0.329 e. The molecule has 6 nitrogen and oxygen atoms in total. The molecule has 8 heteroatoms. The molecule has 0 amide bonds. The number of carbonyl (C=O) groups excluding carboxylic acids is 1. The van der Waals surface area contributed by atoms with Gasteiger partial charge in [0.25, 0.3) is 10.1 Å². The van der Waals surface area contributed by atoms with E-state index in [0.717, 1.165) is 0 Å². The van der Waals surface area contributed by atoms with E-state index in [1.807, 2.05) is 6.26 Å². The van der Waals surface area contributed by atoms with E-state index in [2.05, 4.69) is 0 Å². The molecule has 0 aromatic heterocycles. The Morgan fingerprint density at radius 2 is 2.07 bits per heavy atom. The van der Waals surface area contributed by atoms with Crippen LogP contribution < -0.4 is 11.5 Å². The molecule has 5 N–H and O–H groups in total. The minimum atomic E-state index is -4.45. The second kappa shape index (κ2) is 6.44. The van der Waals surface area contributed by atoms with Crippen molar-refractivity contribution in [3.63, 3.8) is 0 Å². The van der Waals surface area contributed by atoms with Gasteiger partial charge in [-0.15, -0.1) is 0 Å². The molecule has 2 atom stereocenters. The Kier molecular flexibility index (Phi) is 6.37. The highest BCUT2D eigenvalue weighted by molar-refractivity contribution is 7.98. The van der Waals surface area contributed by atoms with Crippen LogP contribution >= 0.6 is 11.8 Å². The number of Topliss-reactive ketones (excluding diaryl/α,β-unsaturated/α-hetero) is 1. The molecular formula is C7H16N2O4S2. The van der Waals surface area contributed by atoms with Crippen molar-refractivity contribution >= 4 is 27.7 Å². The molecule has 15 heavy (non-hydrogen) atoms. The zero-order valence-corrected chi connectivity index (χ0v) is 10.1. The molecule has 0 rings (SSSR count). The summed E-state index contributed by atoms with van der Waals surface area (Å²) in [5.74, 6) is -0.0792. The number of nitrogens with two attached hydrogens (primary N) is 2. The van der Waals surface area contributed by atoms with Gasteiger partial charge >= 0.3 is 0 Å². The van der Waals surface area contributed by atoms with Crippen molar-refractivity contribution in [2.24, 2.45) is 11.5 Å². The van der Waals surface area contributed by atoms with Crippen molar-refractivity contribution in [3.8, 4) is 0 Å². The molecule has 0 aromatic carbocycles. The van der Waals surface area contributed by atoms with E-state index < -0.39 is 33.7 Å². The number of thioether (sulfide) groups is 1. The van der Waals surface area contributed by atoms with Crippen LogP contribution in [-0.4, -0.2) is 48.6 Å². The smallest absolute Gasteiger partial charge is 0.276 e. The van der Waals surface area contributed by atoms with E-state index in [0.29, 0.717) is 12.2 Å². The van der Waals surface area contributed by atoms with Crippen molar-refractivity contribution in [3.05, 3.63) is 0 Å². The molecule has 0 saturated carbocycles. The summed E-state index contributed by atoms with van der Waals surface area (Å²) in [4.78, 5) is 11.5. The normalized spacial score (nSPS) is 16.0. The summed E-state index contributed by atoms with van der Waals surface area (Å²) >= 11 is 1.50. The molecule has 0 saturated heterocycles. The van der Waals surface area contributed by atoms with E-state index in [-0.39, 0.29) is 0 Å². The molecule has 2 unspecified atom stereocenters. The van der Waals surface area contributed by atoms with Crippen molar-refractivity contribution in [1.82, 2.24) is 0 Å². The lowest BCUT2D eigenvalue weighted by Gasteiger charge is -2.15. The van der Waals surface area contributed by atoms with Crippen LogP contribution in [0.15, 0.2) is 0 Å². The number of hydrogen-bond donors (Lipinski definition) is 3. The lowest BCUT2D eigenvalue weighted by Crippen LogP contribution is -2.46. The predicted molar refractivity (Wildman–Crippen MR) is 60.4 cm³/mol. The Morgan fingerprint density at radius 1 is 1.53 bits per heavy atom. The maximum Gasteiger partial charge on any atom is 0.276 e. The summed E-state index contributed by atoms with van der Waals surface area (Å²) in [6.45, 7) is -0.454. The van der Waals surface area contributed by atoms with Gasteiger partial charge in [0.2, 0.25) is 0 Å². The molecule has 0 aliphatic heterocycles. The topological polar surface area (TPSA) is 123 Å². The molecule has 0 spiro atoms. The monoisotopic (exact) mass is 256 g/mol. The molecule has 0 aliphatic carbocycles. The highest BCUT2D eigenvalue weighted by atomic mass is 32.2. The minimum absolute atomic E-state index is 0.367. The first-order chi connectivity index (χ1) is 6.84. The average molecular weight is 256 g/mol. The molecule has 0 aromatic rings. The van der Waals surface area contributed by atoms with Crippen molar-refractivity contribution in [2.75, 3.05) is 18.6 Å². The van der Waals surface area contributed by atoms with Crippen LogP contribution in [0.3, 0.4) is 0 Å². The van der Waals surface area contributed by atoms with Gasteiger partial charge in [0, 0.05) is 6.54 Å².